The molecule has 1 heterocycles. The van der Waals surface area contributed by atoms with E-state index in [2.05, 4.69) is 5.43 Å². The highest BCUT2D eigenvalue weighted by atomic mass is 16.6. The number of esters is 1. The van der Waals surface area contributed by atoms with E-state index >= 15 is 0 Å². The lowest BCUT2D eigenvalue weighted by Crippen LogP contribution is -2.35. The van der Waals surface area contributed by atoms with E-state index in [4.69, 9.17) is 23.7 Å². The number of nitrogens with zero attached hydrogens (tertiary/aromatic N) is 1. The lowest BCUT2D eigenvalue weighted by molar-refractivity contribution is -0.117. The van der Waals surface area contributed by atoms with E-state index in [1.165, 1.54) is 57.7 Å². The van der Waals surface area contributed by atoms with Crippen molar-refractivity contribution in [2.75, 3.05) is 33.4 Å². The first kappa shape index (κ1) is 25.1. The normalized spacial score (nSPS) is 13.8. The quantitative estimate of drug-likeness (QED) is 0.215. The lowest BCUT2D eigenvalue weighted by atomic mass is 10.1. The molecule has 1 saturated heterocycles. The third-order valence-corrected chi connectivity index (χ3v) is 5.51. The summed E-state index contributed by atoms with van der Waals surface area (Å²) in [6, 6.07) is 16.4. The number of hydrazine groups is 1. The maximum absolute atomic E-state index is 12.9. The fourth-order valence-corrected chi connectivity index (χ4v) is 3.70. The van der Waals surface area contributed by atoms with Crippen LogP contribution in [-0.2, 0) is 9.59 Å². The average molecular weight is 504 g/mol. The number of hydrogen-bond acceptors (Lipinski definition) is 8. The van der Waals surface area contributed by atoms with Gasteiger partial charge in [-0.3, -0.25) is 15.0 Å². The first-order valence-corrected chi connectivity index (χ1v) is 11.0. The summed E-state index contributed by atoms with van der Waals surface area (Å²) in [6.07, 6.45) is 1.44. The molecule has 10 nitrogen and oxygen atoms in total. The van der Waals surface area contributed by atoms with E-state index in [-0.39, 0.29) is 22.6 Å². The van der Waals surface area contributed by atoms with Crippen LogP contribution in [-0.4, -0.2) is 46.2 Å². The third kappa shape index (κ3) is 5.03. The number of methoxy groups -OCH3 is 4. The maximum atomic E-state index is 12.9. The molecule has 0 saturated carbocycles. The smallest absolute Gasteiger partial charge is 0.343 e. The van der Waals surface area contributed by atoms with Gasteiger partial charge in [-0.15, -0.1) is 0 Å². The van der Waals surface area contributed by atoms with Crippen molar-refractivity contribution in [1.29, 1.82) is 0 Å². The zero-order valence-corrected chi connectivity index (χ0v) is 20.6. The van der Waals surface area contributed by atoms with Crippen molar-refractivity contribution in [1.82, 2.24) is 5.43 Å². The van der Waals surface area contributed by atoms with Gasteiger partial charge in [0.15, 0.2) is 23.0 Å². The molecule has 0 bridgehead atoms. The number of para-hydroxylation sites is 1. The molecule has 4 rings (SSSR count). The van der Waals surface area contributed by atoms with Crippen molar-refractivity contribution in [3.05, 3.63) is 77.4 Å². The van der Waals surface area contributed by atoms with Gasteiger partial charge in [0.25, 0.3) is 11.8 Å². The van der Waals surface area contributed by atoms with E-state index in [1.807, 2.05) is 6.07 Å². The monoisotopic (exact) mass is 504 g/mol. The number of amides is 2. The van der Waals surface area contributed by atoms with Gasteiger partial charge < -0.3 is 23.7 Å². The van der Waals surface area contributed by atoms with E-state index in [0.717, 1.165) is 0 Å². The standard InChI is InChI=1S/C27H24N2O8/c1-33-21-13-16(12-19-25(30)28-29(26(19)31)18-8-6-5-7-9-18)10-11-20(21)37-27(32)17-14-22(34-2)24(36-4)23(15-17)35-3/h5-15H,1-4H3,(H,28,30)/b19-12-. The number of carbonyl (C=O) groups is 3. The van der Waals surface area contributed by atoms with Crippen molar-refractivity contribution >= 4 is 29.5 Å². The van der Waals surface area contributed by atoms with Gasteiger partial charge in [0.05, 0.1) is 39.7 Å². The van der Waals surface area contributed by atoms with E-state index in [9.17, 15) is 14.4 Å². The van der Waals surface area contributed by atoms with Gasteiger partial charge in [-0.2, -0.15) is 0 Å². The summed E-state index contributed by atoms with van der Waals surface area (Å²) < 4.78 is 26.8. The third-order valence-electron chi connectivity index (χ3n) is 5.51. The molecular formula is C27H24N2O8. The van der Waals surface area contributed by atoms with Crippen LogP contribution in [0.2, 0.25) is 0 Å². The summed E-state index contributed by atoms with van der Waals surface area (Å²) in [6.45, 7) is 0. The van der Waals surface area contributed by atoms with Crippen LogP contribution in [0.1, 0.15) is 15.9 Å². The summed E-state index contributed by atoms with van der Waals surface area (Å²) >= 11 is 0. The van der Waals surface area contributed by atoms with Gasteiger partial charge in [0, 0.05) is 0 Å². The second-order valence-corrected chi connectivity index (χ2v) is 7.69. The minimum atomic E-state index is -0.687. The summed E-state index contributed by atoms with van der Waals surface area (Å²) in [5, 5.41) is 1.18. The predicted octanol–water partition coefficient (Wildman–Crippen LogP) is 3.40. The second-order valence-electron chi connectivity index (χ2n) is 7.69. The highest BCUT2D eigenvalue weighted by Gasteiger charge is 2.34. The Morgan fingerprint density at radius 1 is 0.784 bits per heavy atom. The Morgan fingerprint density at radius 2 is 1.43 bits per heavy atom. The van der Waals surface area contributed by atoms with Gasteiger partial charge in [0.2, 0.25) is 5.75 Å². The number of anilines is 1. The molecule has 0 unspecified atom stereocenters. The number of carbonyl (C=O) groups excluding carboxylic acids is 3. The lowest BCUT2D eigenvalue weighted by Gasteiger charge is -2.14. The molecule has 0 radical (unpaired) electrons. The zero-order chi connectivity index (χ0) is 26.5. The Labute approximate surface area is 212 Å². The molecule has 37 heavy (non-hydrogen) atoms. The van der Waals surface area contributed by atoms with E-state index < -0.39 is 17.8 Å². The average Bonchev–Trinajstić information content (AvgIpc) is 3.21. The number of benzene rings is 3. The number of rotatable bonds is 8. The maximum Gasteiger partial charge on any atom is 0.343 e. The Bertz CT molecular complexity index is 1360. The van der Waals surface area contributed by atoms with Crippen LogP contribution in [0.25, 0.3) is 6.08 Å². The fraction of sp³-hybridized carbons (Fsp3) is 0.148. The molecule has 2 amide bonds. The van der Waals surface area contributed by atoms with Crippen LogP contribution in [0.15, 0.2) is 66.2 Å². The summed E-state index contributed by atoms with van der Waals surface area (Å²) in [5.74, 6) is -0.421. The van der Waals surface area contributed by atoms with E-state index in [1.54, 1.807) is 36.4 Å². The highest BCUT2D eigenvalue weighted by Crippen LogP contribution is 2.39. The first-order chi connectivity index (χ1) is 17.9. The topological polar surface area (TPSA) is 113 Å². The first-order valence-electron chi connectivity index (χ1n) is 11.0. The van der Waals surface area contributed by atoms with Crippen LogP contribution in [0.5, 0.6) is 28.7 Å². The Hall–Kier alpha value is -4.99. The Balaban J connectivity index is 1.58. The SMILES string of the molecule is COc1cc(/C=C2/C(=O)NN(c3ccccc3)C2=O)ccc1OC(=O)c1cc(OC)c(OC)c(OC)c1. The van der Waals surface area contributed by atoms with Gasteiger partial charge in [-0.05, 0) is 48.0 Å². The summed E-state index contributed by atoms with van der Waals surface area (Å²) in [5.41, 5.74) is 3.70. The van der Waals surface area contributed by atoms with Gasteiger partial charge in [0.1, 0.15) is 5.57 Å². The molecule has 10 heteroatoms. The van der Waals surface area contributed by atoms with Crippen molar-refractivity contribution in [3.8, 4) is 28.7 Å². The van der Waals surface area contributed by atoms with E-state index in [0.29, 0.717) is 28.5 Å². The Morgan fingerprint density at radius 3 is 2.03 bits per heavy atom. The fourth-order valence-electron chi connectivity index (χ4n) is 3.70. The van der Waals surface area contributed by atoms with Crippen LogP contribution < -0.4 is 34.1 Å². The van der Waals surface area contributed by atoms with Crippen molar-refractivity contribution in [3.63, 3.8) is 0 Å². The number of hydrogen-bond donors (Lipinski definition) is 1. The second kappa shape index (κ2) is 10.7. The molecule has 1 aliphatic heterocycles. The molecule has 0 aromatic heterocycles. The van der Waals surface area contributed by atoms with Gasteiger partial charge in [-0.25, -0.2) is 9.80 Å². The minimum Gasteiger partial charge on any atom is -0.493 e. The van der Waals surface area contributed by atoms with Crippen LogP contribution in [0.4, 0.5) is 5.69 Å². The molecule has 3 aromatic carbocycles. The minimum absolute atomic E-state index is 0.0481. The number of nitrogens with one attached hydrogen (secondary N) is 1. The predicted molar refractivity (Wildman–Crippen MR) is 134 cm³/mol. The Kier molecular flexibility index (Phi) is 7.28. The van der Waals surface area contributed by atoms with Crippen LogP contribution >= 0.6 is 0 Å². The van der Waals surface area contributed by atoms with Gasteiger partial charge >= 0.3 is 5.97 Å². The molecule has 0 aliphatic carbocycles. The number of ether oxygens (including phenoxy) is 5. The molecule has 3 aromatic rings. The molecule has 0 atom stereocenters. The molecule has 1 aliphatic rings. The molecule has 1 fully saturated rings. The van der Waals surface area contributed by atoms with Crippen molar-refractivity contribution in [2.45, 2.75) is 0 Å². The van der Waals surface area contributed by atoms with Crippen LogP contribution in [0.3, 0.4) is 0 Å². The molecule has 1 N–H and O–H groups in total. The summed E-state index contributed by atoms with van der Waals surface area (Å²) in [7, 11) is 5.75. The molecule has 0 spiro atoms. The largest absolute Gasteiger partial charge is 0.493 e. The highest BCUT2D eigenvalue weighted by molar-refractivity contribution is 6.31. The zero-order valence-electron chi connectivity index (χ0n) is 20.6. The summed E-state index contributed by atoms with van der Waals surface area (Å²) in [4.78, 5) is 38.2. The van der Waals surface area contributed by atoms with Crippen molar-refractivity contribution < 1.29 is 38.1 Å². The molecule has 190 valence electrons. The molecular weight excluding hydrogens is 480 g/mol. The van der Waals surface area contributed by atoms with Crippen molar-refractivity contribution in [2.24, 2.45) is 0 Å². The van der Waals surface area contributed by atoms with Crippen LogP contribution in [0, 0.1) is 0 Å². The van der Waals surface area contributed by atoms with Gasteiger partial charge in [-0.1, -0.05) is 24.3 Å².